The maximum absolute atomic E-state index is 5.32. The van der Waals surface area contributed by atoms with Crippen molar-refractivity contribution in [3.05, 3.63) is 59.9 Å². The lowest BCUT2D eigenvalue weighted by molar-refractivity contribution is 0.372. The standard InChI is InChI=1S/C19H24N6O/c1-13(2)16-9-15(26-25-16)10-22-19(20-3)23-12-18-21-11-17(24-18)14-7-5-4-6-8-14/h4-9,11,13H,10,12H2,1-3H3,(H,21,24)(H2,20,22,23). The van der Waals surface area contributed by atoms with Gasteiger partial charge >= 0.3 is 0 Å². The number of guanidine groups is 1. The second-order valence-electron chi connectivity index (χ2n) is 6.26. The van der Waals surface area contributed by atoms with Crippen molar-refractivity contribution in [2.45, 2.75) is 32.9 Å². The molecule has 3 aromatic rings. The molecule has 0 amide bonds. The molecule has 3 rings (SSSR count). The molecular weight excluding hydrogens is 328 g/mol. The lowest BCUT2D eigenvalue weighted by Gasteiger charge is -2.09. The Morgan fingerprint density at radius 1 is 1.19 bits per heavy atom. The van der Waals surface area contributed by atoms with Crippen LogP contribution >= 0.6 is 0 Å². The summed E-state index contributed by atoms with van der Waals surface area (Å²) < 4.78 is 5.32. The highest BCUT2D eigenvalue weighted by Gasteiger charge is 2.09. The number of aromatic amines is 1. The van der Waals surface area contributed by atoms with Gasteiger partial charge in [-0.1, -0.05) is 49.3 Å². The molecule has 7 nitrogen and oxygen atoms in total. The third kappa shape index (κ3) is 4.50. The summed E-state index contributed by atoms with van der Waals surface area (Å²) in [6.07, 6.45) is 1.84. The Morgan fingerprint density at radius 2 is 1.96 bits per heavy atom. The summed E-state index contributed by atoms with van der Waals surface area (Å²) in [5.74, 6) is 2.64. The van der Waals surface area contributed by atoms with Crippen molar-refractivity contribution in [2.24, 2.45) is 4.99 Å². The topological polar surface area (TPSA) is 91.1 Å². The summed E-state index contributed by atoms with van der Waals surface area (Å²) in [6, 6.07) is 12.1. The Balaban J connectivity index is 1.52. The fourth-order valence-corrected chi connectivity index (χ4v) is 2.46. The summed E-state index contributed by atoms with van der Waals surface area (Å²) in [4.78, 5) is 11.9. The summed E-state index contributed by atoms with van der Waals surface area (Å²) in [7, 11) is 1.73. The van der Waals surface area contributed by atoms with Crippen LogP contribution in [0.1, 0.15) is 37.0 Å². The second-order valence-corrected chi connectivity index (χ2v) is 6.26. The molecule has 26 heavy (non-hydrogen) atoms. The largest absolute Gasteiger partial charge is 0.359 e. The average Bonchev–Trinajstić information content (AvgIpc) is 3.32. The second kappa shape index (κ2) is 8.33. The van der Waals surface area contributed by atoms with Crippen LogP contribution in [0.2, 0.25) is 0 Å². The first kappa shape index (κ1) is 17.7. The monoisotopic (exact) mass is 352 g/mol. The first-order valence-electron chi connectivity index (χ1n) is 8.65. The van der Waals surface area contributed by atoms with E-state index in [-0.39, 0.29) is 0 Å². The summed E-state index contributed by atoms with van der Waals surface area (Å²) in [6.45, 7) is 5.23. The molecule has 0 saturated carbocycles. The minimum atomic E-state index is 0.350. The van der Waals surface area contributed by atoms with Crippen molar-refractivity contribution in [1.29, 1.82) is 0 Å². The van der Waals surface area contributed by atoms with Gasteiger partial charge in [0.15, 0.2) is 11.7 Å². The van der Waals surface area contributed by atoms with E-state index >= 15 is 0 Å². The van der Waals surface area contributed by atoms with Crippen molar-refractivity contribution in [1.82, 2.24) is 25.8 Å². The molecule has 2 aromatic heterocycles. The zero-order valence-corrected chi connectivity index (χ0v) is 15.3. The maximum atomic E-state index is 5.32. The molecule has 0 spiro atoms. The van der Waals surface area contributed by atoms with Gasteiger partial charge in [0.05, 0.1) is 30.7 Å². The Kier molecular flexibility index (Phi) is 5.68. The Morgan fingerprint density at radius 3 is 2.65 bits per heavy atom. The van der Waals surface area contributed by atoms with Gasteiger partial charge in [-0.3, -0.25) is 4.99 Å². The van der Waals surface area contributed by atoms with Crippen LogP contribution in [0.3, 0.4) is 0 Å². The molecule has 0 fully saturated rings. The number of H-pyrrole nitrogens is 1. The van der Waals surface area contributed by atoms with Crippen LogP contribution in [0.15, 0.2) is 52.1 Å². The maximum Gasteiger partial charge on any atom is 0.191 e. The molecule has 1 aromatic carbocycles. The molecule has 0 saturated heterocycles. The minimum absolute atomic E-state index is 0.350. The smallest absolute Gasteiger partial charge is 0.191 e. The van der Waals surface area contributed by atoms with E-state index in [1.54, 1.807) is 7.05 Å². The van der Waals surface area contributed by atoms with Gasteiger partial charge in [-0.2, -0.15) is 0 Å². The van der Waals surface area contributed by atoms with Crippen LogP contribution in [0.5, 0.6) is 0 Å². The summed E-state index contributed by atoms with van der Waals surface area (Å²) in [5, 5.41) is 10.5. The van der Waals surface area contributed by atoms with E-state index < -0.39 is 0 Å². The quantitative estimate of drug-likeness (QED) is 0.468. The average molecular weight is 352 g/mol. The van der Waals surface area contributed by atoms with Crippen molar-refractivity contribution in [2.75, 3.05) is 7.05 Å². The van der Waals surface area contributed by atoms with Crippen molar-refractivity contribution >= 4 is 5.96 Å². The van der Waals surface area contributed by atoms with Gasteiger partial charge in [-0.15, -0.1) is 0 Å². The zero-order valence-electron chi connectivity index (χ0n) is 15.3. The molecule has 2 heterocycles. The number of hydrogen-bond donors (Lipinski definition) is 3. The predicted octanol–water partition coefficient (Wildman–Crippen LogP) is 3.05. The number of rotatable bonds is 6. The lowest BCUT2D eigenvalue weighted by Crippen LogP contribution is -2.36. The fourth-order valence-electron chi connectivity index (χ4n) is 2.46. The number of nitrogens with zero attached hydrogens (tertiary/aromatic N) is 3. The zero-order chi connectivity index (χ0) is 18.4. The van der Waals surface area contributed by atoms with Crippen LogP contribution in [0.4, 0.5) is 0 Å². The molecule has 136 valence electrons. The number of aliphatic imine (C=N–C) groups is 1. The molecule has 3 N–H and O–H groups in total. The highest BCUT2D eigenvalue weighted by Crippen LogP contribution is 2.16. The molecule has 0 atom stereocenters. The Bertz CT molecular complexity index is 850. The predicted molar refractivity (Wildman–Crippen MR) is 102 cm³/mol. The van der Waals surface area contributed by atoms with Crippen LogP contribution < -0.4 is 10.6 Å². The van der Waals surface area contributed by atoms with Gasteiger partial charge in [0.2, 0.25) is 0 Å². The highest BCUT2D eigenvalue weighted by atomic mass is 16.5. The highest BCUT2D eigenvalue weighted by molar-refractivity contribution is 5.79. The van der Waals surface area contributed by atoms with Gasteiger partial charge in [0.1, 0.15) is 5.82 Å². The van der Waals surface area contributed by atoms with Crippen LogP contribution in [0, 0.1) is 0 Å². The van der Waals surface area contributed by atoms with E-state index in [0.717, 1.165) is 28.5 Å². The van der Waals surface area contributed by atoms with Crippen LogP contribution in [-0.2, 0) is 13.1 Å². The molecule has 0 aliphatic heterocycles. The van der Waals surface area contributed by atoms with E-state index in [2.05, 4.69) is 44.6 Å². The molecule has 0 bridgehead atoms. The number of hydrogen-bond acceptors (Lipinski definition) is 4. The number of nitrogens with one attached hydrogen (secondary N) is 3. The van der Waals surface area contributed by atoms with E-state index in [1.165, 1.54) is 0 Å². The first-order chi connectivity index (χ1) is 12.7. The Labute approximate surface area is 152 Å². The number of benzene rings is 1. The molecule has 0 unspecified atom stereocenters. The third-order valence-corrected chi connectivity index (χ3v) is 3.96. The van der Waals surface area contributed by atoms with Gasteiger partial charge < -0.3 is 20.1 Å². The van der Waals surface area contributed by atoms with E-state index in [1.807, 2.05) is 42.6 Å². The van der Waals surface area contributed by atoms with Crippen molar-refractivity contribution in [3.8, 4) is 11.3 Å². The van der Waals surface area contributed by atoms with Gasteiger partial charge in [0, 0.05) is 13.1 Å². The van der Waals surface area contributed by atoms with Crippen molar-refractivity contribution < 1.29 is 4.52 Å². The molecule has 0 radical (unpaired) electrons. The van der Waals surface area contributed by atoms with E-state index in [9.17, 15) is 0 Å². The Hall–Kier alpha value is -3.09. The number of imidazole rings is 1. The van der Waals surface area contributed by atoms with Gasteiger partial charge in [0.25, 0.3) is 0 Å². The van der Waals surface area contributed by atoms with Gasteiger partial charge in [-0.05, 0) is 11.5 Å². The summed E-state index contributed by atoms with van der Waals surface area (Å²) in [5.41, 5.74) is 3.06. The van der Waals surface area contributed by atoms with Crippen LogP contribution in [0.25, 0.3) is 11.3 Å². The fraction of sp³-hybridized carbons (Fsp3) is 0.316. The summed E-state index contributed by atoms with van der Waals surface area (Å²) >= 11 is 0. The molecular formula is C19H24N6O. The van der Waals surface area contributed by atoms with Crippen molar-refractivity contribution in [3.63, 3.8) is 0 Å². The lowest BCUT2D eigenvalue weighted by atomic mass is 10.1. The normalized spacial score (nSPS) is 11.8. The molecule has 7 heteroatoms. The number of aromatic nitrogens is 3. The van der Waals surface area contributed by atoms with E-state index in [4.69, 9.17) is 4.52 Å². The molecule has 0 aliphatic carbocycles. The van der Waals surface area contributed by atoms with E-state index in [0.29, 0.717) is 25.0 Å². The SMILES string of the molecule is CN=C(NCc1ncc(-c2ccccc2)[nH]1)NCc1cc(C(C)C)no1. The van der Waals surface area contributed by atoms with Gasteiger partial charge in [-0.25, -0.2) is 4.98 Å². The first-order valence-corrected chi connectivity index (χ1v) is 8.65. The minimum Gasteiger partial charge on any atom is -0.359 e. The molecule has 0 aliphatic rings. The van der Waals surface area contributed by atoms with Crippen LogP contribution in [-0.4, -0.2) is 28.1 Å². The third-order valence-electron chi connectivity index (χ3n) is 3.96.